The molecule has 0 aromatic heterocycles. The average Bonchev–Trinajstić information content (AvgIpc) is 3.27. The summed E-state index contributed by atoms with van der Waals surface area (Å²) in [6.45, 7) is 6.33. The molecule has 0 aromatic rings. The number of esters is 3. The van der Waals surface area contributed by atoms with Crippen LogP contribution in [0.4, 0.5) is 0 Å². The molecule has 0 spiro atoms. The lowest BCUT2D eigenvalue weighted by atomic mass is 10.1. The normalized spacial score (nSPS) is 12.9. The van der Waals surface area contributed by atoms with Crippen molar-refractivity contribution in [1.29, 1.82) is 0 Å². The third-order valence-electron chi connectivity index (χ3n) is 10.3. The van der Waals surface area contributed by atoms with Crippen LogP contribution in [0.1, 0.15) is 220 Å². The van der Waals surface area contributed by atoms with Gasteiger partial charge in [-0.1, -0.05) is 182 Å². The molecule has 0 saturated heterocycles. The number of hydrogen-bond acceptors (Lipinski definition) is 6. The molecule has 0 radical (unpaired) electrons. The zero-order valence-electron chi connectivity index (χ0n) is 40.1. The Bertz CT molecular complexity index is 1260. The number of carbonyl (C=O) groups is 3. The molecule has 0 rings (SSSR count). The molecule has 0 amide bonds. The first kappa shape index (κ1) is 58.3. The number of hydrogen-bond donors (Lipinski definition) is 0. The maximum absolute atomic E-state index is 12.8. The van der Waals surface area contributed by atoms with Crippen LogP contribution < -0.4 is 0 Å². The van der Waals surface area contributed by atoms with Crippen LogP contribution in [0, 0.1) is 0 Å². The Balaban J connectivity index is 4.44. The largest absolute Gasteiger partial charge is 0.462 e. The summed E-state index contributed by atoms with van der Waals surface area (Å²) in [4.78, 5) is 37.9. The lowest BCUT2D eigenvalue weighted by molar-refractivity contribution is -0.167. The minimum absolute atomic E-state index is 0.0997. The van der Waals surface area contributed by atoms with Crippen molar-refractivity contribution < 1.29 is 28.6 Å². The second-order valence-corrected chi connectivity index (χ2v) is 16.3. The van der Waals surface area contributed by atoms with Crippen molar-refractivity contribution in [1.82, 2.24) is 0 Å². The fraction of sp³-hybridized carbons (Fsp3) is 0.661. The summed E-state index contributed by atoms with van der Waals surface area (Å²) in [5.41, 5.74) is 0. The number of allylic oxidation sites excluding steroid dienone is 16. The van der Waals surface area contributed by atoms with Crippen molar-refractivity contribution in [3.05, 3.63) is 97.2 Å². The molecule has 352 valence electrons. The van der Waals surface area contributed by atoms with E-state index < -0.39 is 6.10 Å². The van der Waals surface area contributed by atoms with Crippen molar-refractivity contribution in [3.8, 4) is 0 Å². The van der Waals surface area contributed by atoms with Crippen molar-refractivity contribution in [2.45, 2.75) is 226 Å². The first-order valence-corrected chi connectivity index (χ1v) is 25.2. The van der Waals surface area contributed by atoms with E-state index in [0.717, 1.165) is 135 Å². The molecule has 0 aliphatic carbocycles. The first-order chi connectivity index (χ1) is 30.5. The van der Waals surface area contributed by atoms with Gasteiger partial charge in [0.05, 0.1) is 0 Å². The molecule has 0 saturated carbocycles. The van der Waals surface area contributed by atoms with Crippen LogP contribution >= 0.6 is 0 Å². The third kappa shape index (κ3) is 47.4. The third-order valence-corrected chi connectivity index (χ3v) is 10.3. The predicted octanol–water partition coefficient (Wildman–Crippen LogP) is 16.6. The van der Waals surface area contributed by atoms with E-state index in [1.54, 1.807) is 0 Å². The highest BCUT2D eigenvalue weighted by molar-refractivity contribution is 5.71. The van der Waals surface area contributed by atoms with Crippen molar-refractivity contribution in [2.24, 2.45) is 0 Å². The Morgan fingerprint density at radius 2 is 0.629 bits per heavy atom. The van der Waals surface area contributed by atoms with E-state index in [1.165, 1.54) is 44.9 Å². The van der Waals surface area contributed by atoms with Gasteiger partial charge in [-0.05, 0) is 116 Å². The standard InChI is InChI=1S/C56H92O6/c1-4-7-10-13-16-19-22-25-26-27-28-29-30-32-34-37-40-43-46-49-55(58)61-52-53(51-60-54(57)48-45-42-39-36-33-24-21-18-15-12-9-6-3)62-56(59)50-47-44-41-38-35-31-23-20-17-14-11-8-5-2/h7-8,10-11,16-21,25-26,28-29,31,35,53H,4-6,9,12-15,22-24,27,30,32-34,36-52H2,1-3H3/b10-7-,11-8-,19-16-,20-17-,21-18-,26-25-,29-28-,35-31-. The van der Waals surface area contributed by atoms with Gasteiger partial charge in [0.15, 0.2) is 6.10 Å². The molecule has 6 nitrogen and oxygen atoms in total. The minimum atomic E-state index is -0.802. The molecule has 0 N–H and O–H groups in total. The molecule has 0 aliphatic rings. The SMILES string of the molecule is CC/C=C\C/C=C\C/C=C\C/C=C\CCCCCCCCC(=O)OCC(COC(=O)CCCCCCC/C=C\CCCCC)OC(=O)CCCCC/C=C\C/C=C\C/C=C\CC. The van der Waals surface area contributed by atoms with E-state index in [2.05, 4.69) is 118 Å². The summed E-state index contributed by atoms with van der Waals surface area (Å²) < 4.78 is 16.7. The van der Waals surface area contributed by atoms with Crippen LogP contribution in [0.2, 0.25) is 0 Å². The molecular formula is C56H92O6. The molecule has 6 heteroatoms. The molecular weight excluding hydrogens is 769 g/mol. The van der Waals surface area contributed by atoms with Gasteiger partial charge in [0.2, 0.25) is 0 Å². The van der Waals surface area contributed by atoms with Crippen molar-refractivity contribution in [3.63, 3.8) is 0 Å². The van der Waals surface area contributed by atoms with Gasteiger partial charge >= 0.3 is 17.9 Å². The van der Waals surface area contributed by atoms with Gasteiger partial charge in [0, 0.05) is 19.3 Å². The molecule has 0 bridgehead atoms. The Morgan fingerprint density at radius 1 is 0.339 bits per heavy atom. The summed E-state index contributed by atoms with van der Waals surface area (Å²) in [7, 11) is 0. The Kier molecular flexibility index (Phi) is 47.0. The Hall–Kier alpha value is -3.67. The maximum Gasteiger partial charge on any atom is 0.306 e. The van der Waals surface area contributed by atoms with E-state index in [1.807, 2.05) is 0 Å². The number of ether oxygens (including phenoxy) is 3. The van der Waals surface area contributed by atoms with Gasteiger partial charge in [-0.25, -0.2) is 0 Å². The van der Waals surface area contributed by atoms with Crippen LogP contribution in [0.15, 0.2) is 97.2 Å². The van der Waals surface area contributed by atoms with E-state index in [-0.39, 0.29) is 37.5 Å². The second kappa shape index (κ2) is 50.0. The monoisotopic (exact) mass is 861 g/mol. The topological polar surface area (TPSA) is 78.9 Å². The van der Waals surface area contributed by atoms with Crippen LogP contribution in [0.3, 0.4) is 0 Å². The molecule has 1 atom stereocenters. The summed E-state index contributed by atoms with van der Waals surface area (Å²) in [6, 6.07) is 0. The lowest BCUT2D eigenvalue weighted by Gasteiger charge is -2.18. The van der Waals surface area contributed by atoms with Gasteiger partial charge in [-0.15, -0.1) is 0 Å². The second-order valence-electron chi connectivity index (χ2n) is 16.3. The fourth-order valence-electron chi connectivity index (χ4n) is 6.56. The fourth-order valence-corrected chi connectivity index (χ4v) is 6.56. The first-order valence-electron chi connectivity index (χ1n) is 25.2. The van der Waals surface area contributed by atoms with Gasteiger partial charge < -0.3 is 14.2 Å². The predicted molar refractivity (Wildman–Crippen MR) is 265 cm³/mol. The van der Waals surface area contributed by atoms with E-state index in [4.69, 9.17) is 14.2 Å². The number of unbranched alkanes of at least 4 members (excludes halogenated alkanes) is 17. The van der Waals surface area contributed by atoms with Gasteiger partial charge in [-0.3, -0.25) is 14.4 Å². The van der Waals surface area contributed by atoms with E-state index in [9.17, 15) is 14.4 Å². The highest BCUT2D eigenvalue weighted by atomic mass is 16.6. The average molecular weight is 861 g/mol. The number of carbonyl (C=O) groups excluding carboxylic acids is 3. The van der Waals surface area contributed by atoms with Crippen molar-refractivity contribution >= 4 is 17.9 Å². The van der Waals surface area contributed by atoms with Crippen LogP contribution in [-0.2, 0) is 28.6 Å². The van der Waals surface area contributed by atoms with E-state index in [0.29, 0.717) is 12.8 Å². The minimum Gasteiger partial charge on any atom is -0.462 e. The zero-order chi connectivity index (χ0) is 45.1. The summed E-state index contributed by atoms with van der Waals surface area (Å²) in [6.07, 6.45) is 65.3. The quantitative estimate of drug-likeness (QED) is 0.0263. The summed E-state index contributed by atoms with van der Waals surface area (Å²) in [5, 5.41) is 0. The smallest absolute Gasteiger partial charge is 0.306 e. The van der Waals surface area contributed by atoms with Crippen LogP contribution in [0.25, 0.3) is 0 Å². The molecule has 62 heavy (non-hydrogen) atoms. The molecule has 1 unspecified atom stereocenters. The summed E-state index contributed by atoms with van der Waals surface area (Å²) in [5.74, 6) is -0.957. The van der Waals surface area contributed by atoms with Gasteiger partial charge in [-0.2, -0.15) is 0 Å². The zero-order valence-corrected chi connectivity index (χ0v) is 40.1. The Labute approximate surface area is 381 Å². The van der Waals surface area contributed by atoms with Crippen LogP contribution in [0.5, 0.6) is 0 Å². The van der Waals surface area contributed by atoms with Gasteiger partial charge in [0.1, 0.15) is 13.2 Å². The Morgan fingerprint density at radius 3 is 1.02 bits per heavy atom. The number of rotatable bonds is 44. The molecule has 0 aromatic carbocycles. The molecule has 0 aliphatic heterocycles. The van der Waals surface area contributed by atoms with Crippen molar-refractivity contribution in [2.75, 3.05) is 13.2 Å². The molecule has 0 heterocycles. The maximum atomic E-state index is 12.8. The highest BCUT2D eigenvalue weighted by Crippen LogP contribution is 2.13. The summed E-state index contributed by atoms with van der Waals surface area (Å²) >= 11 is 0. The van der Waals surface area contributed by atoms with Gasteiger partial charge in [0.25, 0.3) is 0 Å². The lowest BCUT2D eigenvalue weighted by Crippen LogP contribution is -2.30. The molecule has 0 fully saturated rings. The van der Waals surface area contributed by atoms with Crippen LogP contribution in [-0.4, -0.2) is 37.2 Å². The van der Waals surface area contributed by atoms with E-state index >= 15 is 0 Å². The highest BCUT2D eigenvalue weighted by Gasteiger charge is 2.19.